The molecule has 46 heavy (non-hydrogen) atoms. The summed E-state index contributed by atoms with van der Waals surface area (Å²) in [4.78, 5) is 30.2. The first kappa shape index (κ1) is 32.6. The molecule has 0 bridgehead atoms. The maximum Gasteiger partial charge on any atom is 0.229 e. The van der Waals surface area contributed by atoms with Crippen LogP contribution in [-0.2, 0) is 11.0 Å². The topological polar surface area (TPSA) is 125 Å². The Labute approximate surface area is 278 Å². The van der Waals surface area contributed by atoms with E-state index in [1.807, 2.05) is 0 Å². The van der Waals surface area contributed by atoms with Gasteiger partial charge in [-0.05, 0) is 67.2 Å². The van der Waals surface area contributed by atoms with Crippen molar-refractivity contribution < 1.29 is 9.30 Å². The van der Waals surface area contributed by atoms with E-state index < -0.39 is 7.14 Å². The molecule has 4 aromatic rings. The maximum atomic E-state index is 13.4. The van der Waals surface area contributed by atoms with Crippen molar-refractivity contribution in [2.75, 3.05) is 82.3 Å². The summed E-state index contributed by atoms with van der Waals surface area (Å²) in [6.45, 7) is 12.3. The normalized spacial score (nSPS) is 17.0. The minimum atomic E-state index is -2.80. The fourth-order valence-electron chi connectivity index (χ4n) is 6.39. The van der Waals surface area contributed by atoms with Crippen molar-refractivity contribution in [1.82, 2.24) is 34.7 Å². The first-order valence-electron chi connectivity index (χ1n) is 15.7. The van der Waals surface area contributed by atoms with Crippen molar-refractivity contribution in [3.05, 3.63) is 47.0 Å². The molecule has 14 heteroatoms. The minimum Gasteiger partial charge on any atom is -0.494 e. The summed E-state index contributed by atoms with van der Waals surface area (Å²) in [5.41, 5.74) is 4.39. The average Bonchev–Trinajstić information content (AvgIpc) is 3.06. The summed E-state index contributed by atoms with van der Waals surface area (Å²) in [5.74, 6) is 1.99. The molecular weight excluding hydrogens is 667 g/mol. The lowest BCUT2D eigenvalue weighted by Crippen LogP contribution is -2.52. The molecule has 0 aliphatic carbocycles. The molecule has 0 amide bonds. The Bertz CT molecular complexity index is 1750. The number of fused-ring (bicyclic) bond motifs is 1. The number of piperazine rings is 1. The fraction of sp³-hybridized carbons (Fsp3) is 0.469. The van der Waals surface area contributed by atoms with Gasteiger partial charge in [-0.15, -0.1) is 0 Å². The zero-order valence-electron chi connectivity index (χ0n) is 27.1. The second kappa shape index (κ2) is 13.8. The Hall–Kier alpha value is -3.38. The summed E-state index contributed by atoms with van der Waals surface area (Å²) in [5, 5.41) is 7.16. The Morgan fingerprint density at radius 2 is 1.70 bits per heavy atom. The Balaban J connectivity index is 1.23. The SMILES string of the molecule is CCc1cc(Nc2ncc(Br)c(Nc3ncc4nccnc4c3P(C)(C)=O)n2)c(OC)cc1N1CCC(N2CCN(C)CC2)CC1. The van der Waals surface area contributed by atoms with E-state index in [0.29, 0.717) is 44.4 Å². The highest BCUT2D eigenvalue weighted by atomic mass is 79.9. The van der Waals surface area contributed by atoms with Crippen molar-refractivity contribution in [2.45, 2.75) is 32.2 Å². The second-order valence-electron chi connectivity index (χ2n) is 12.3. The Morgan fingerprint density at radius 3 is 2.39 bits per heavy atom. The van der Waals surface area contributed by atoms with Crippen LogP contribution in [0, 0.1) is 0 Å². The third-order valence-electron chi connectivity index (χ3n) is 8.90. The van der Waals surface area contributed by atoms with E-state index in [-0.39, 0.29) is 0 Å². The second-order valence-corrected chi connectivity index (χ2v) is 16.3. The minimum absolute atomic E-state index is 0.380. The Morgan fingerprint density at radius 1 is 0.957 bits per heavy atom. The van der Waals surface area contributed by atoms with Gasteiger partial charge in [0, 0.05) is 75.7 Å². The quantitative estimate of drug-likeness (QED) is 0.225. The van der Waals surface area contributed by atoms with Gasteiger partial charge in [0.15, 0.2) is 5.82 Å². The largest absolute Gasteiger partial charge is 0.494 e. The highest BCUT2D eigenvalue weighted by Crippen LogP contribution is 2.41. The number of likely N-dealkylation sites (N-methyl/N-ethyl adjacent to an activating group) is 1. The lowest BCUT2D eigenvalue weighted by Gasteiger charge is -2.43. The molecule has 2 fully saturated rings. The molecule has 1 aromatic carbocycles. The monoisotopic (exact) mass is 708 g/mol. The molecule has 2 aliphatic rings. The summed E-state index contributed by atoms with van der Waals surface area (Å²) >= 11 is 3.56. The number of anilines is 5. The van der Waals surface area contributed by atoms with Gasteiger partial charge in [0.25, 0.3) is 0 Å². The third kappa shape index (κ3) is 6.97. The standard InChI is InChI=1S/C32H42BrN10O2P/c1-6-21-17-24(27(45-3)18-26(21)43-11-7-22(8-12-43)42-15-13-41(2)14-16-42)38-32-37-19-23(33)30(40-32)39-31-29(46(4,5)44)28-25(20-36-31)34-9-10-35-28/h9-10,17-20,22H,6-8,11-16H2,1-5H3,(H2,36,37,38,39,40). The number of aryl methyl sites for hydroxylation is 1. The number of piperidine rings is 1. The summed E-state index contributed by atoms with van der Waals surface area (Å²) in [7, 11) is 1.10. The molecule has 5 heterocycles. The van der Waals surface area contributed by atoms with Crippen LogP contribution in [0.3, 0.4) is 0 Å². The zero-order chi connectivity index (χ0) is 32.4. The zero-order valence-corrected chi connectivity index (χ0v) is 29.6. The molecule has 0 atom stereocenters. The van der Waals surface area contributed by atoms with E-state index in [1.165, 1.54) is 24.1 Å². The number of nitrogens with zero attached hydrogens (tertiary/aromatic N) is 8. The number of hydrogen-bond donors (Lipinski definition) is 2. The summed E-state index contributed by atoms with van der Waals surface area (Å²) < 4.78 is 19.9. The molecule has 6 rings (SSSR count). The van der Waals surface area contributed by atoms with Crippen LogP contribution < -0.4 is 25.6 Å². The molecule has 12 nitrogen and oxygen atoms in total. The number of rotatable bonds is 9. The van der Waals surface area contributed by atoms with E-state index >= 15 is 0 Å². The lowest BCUT2D eigenvalue weighted by molar-refractivity contribution is 0.0982. The maximum absolute atomic E-state index is 13.4. The molecule has 3 aromatic heterocycles. The van der Waals surface area contributed by atoms with Crippen LogP contribution in [0.5, 0.6) is 5.75 Å². The van der Waals surface area contributed by atoms with Gasteiger partial charge in [0.2, 0.25) is 5.95 Å². The number of ether oxygens (including phenoxy) is 1. The number of methoxy groups -OCH3 is 1. The number of hydrogen-bond acceptors (Lipinski definition) is 12. The van der Waals surface area contributed by atoms with Crippen LogP contribution in [0.15, 0.2) is 41.4 Å². The first-order valence-corrected chi connectivity index (χ1v) is 19.1. The average molecular weight is 710 g/mol. The molecule has 244 valence electrons. The van der Waals surface area contributed by atoms with E-state index in [0.717, 1.165) is 57.1 Å². The van der Waals surface area contributed by atoms with Gasteiger partial charge in [-0.25, -0.2) is 9.97 Å². The fourth-order valence-corrected chi connectivity index (χ4v) is 7.99. The van der Waals surface area contributed by atoms with E-state index in [2.05, 4.69) is 87.3 Å². The Kier molecular flexibility index (Phi) is 9.75. The van der Waals surface area contributed by atoms with Gasteiger partial charge < -0.3 is 29.7 Å². The van der Waals surface area contributed by atoms with Crippen molar-refractivity contribution in [1.29, 1.82) is 0 Å². The molecule has 0 saturated carbocycles. The predicted molar refractivity (Wildman–Crippen MR) is 189 cm³/mol. The van der Waals surface area contributed by atoms with Crippen molar-refractivity contribution in [3.8, 4) is 5.75 Å². The molecular formula is C32H42BrN10O2P. The van der Waals surface area contributed by atoms with Crippen LogP contribution in [0.4, 0.5) is 29.0 Å². The molecule has 2 saturated heterocycles. The van der Waals surface area contributed by atoms with E-state index in [1.54, 1.807) is 45.2 Å². The van der Waals surface area contributed by atoms with Gasteiger partial charge in [0.05, 0.1) is 28.8 Å². The summed E-state index contributed by atoms with van der Waals surface area (Å²) in [6.07, 6.45) is 9.69. The number of pyridine rings is 1. The predicted octanol–water partition coefficient (Wildman–Crippen LogP) is 5.10. The van der Waals surface area contributed by atoms with Gasteiger partial charge in [0.1, 0.15) is 29.7 Å². The molecule has 2 N–H and O–H groups in total. The first-order chi connectivity index (χ1) is 22.1. The molecule has 0 unspecified atom stereocenters. The van der Waals surface area contributed by atoms with E-state index in [4.69, 9.17) is 9.72 Å². The van der Waals surface area contributed by atoms with Crippen LogP contribution in [-0.4, -0.2) is 108 Å². The van der Waals surface area contributed by atoms with Crippen molar-refractivity contribution in [3.63, 3.8) is 0 Å². The highest BCUT2D eigenvalue weighted by Gasteiger charge is 2.28. The highest BCUT2D eigenvalue weighted by molar-refractivity contribution is 9.10. The smallest absolute Gasteiger partial charge is 0.229 e. The van der Waals surface area contributed by atoms with Crippen LogP contribution in [0.2, 0.25) is 0 Å². The van der Waals surface area contributed by atoms with Gasteiger partial charge in [-0.1, -0.05) is 6.92 Å². The molecule has 2 aliphatic heterocycles. The lowest BCUT2D eigenvalue weighted by atomic mass is 9.99. The molecule has 0 spiro atoms. The van der Waals surface area contributed by atoms with Crippen LogP contribution in [0.25, 0.3) is 11.0 Å². The van der Waals surface area contributed by atoms with Gasteiger partial charge in [-0.2, -0.15) is 4.98 Å². The van der Waals surface area contributed by atoms with E-state index in [9.17, 15) is 4.57 Å². The number of halogens is 1. The van der Waals surface area contributed by atoms with Crippen LogP contribution >= 0.6 is 23.1 Å². The van der Waals surface area contributed by atoms with Crippen molar-refractivity contribution in [2.24, 2.45) is 0 Å². The number of aromatic nitrogens is 5. The van der Waals surface area contributed by atoms with Crippen molar-refractivity contribution >= 4 is 68.4 Å². The third-order valence-corrected chi connectivity index (χ3v) is 11.0. The number of nitrogens with one attached hydrogen (secondary N) is 2. The number of benzene rings is 1. The summed E-state index contributed by atoms with van der Waals surface area (Å²) in [6, 6.07) is 4.94. The van der Waals surface area contributed by atoms with Crippen LogP contribution in [0.1, 0.15) is 25.3 Å². The van der Waals surface area contributed by atoms with Gasteiger partial charge >= 0.3 is 0 Å². The molecule has 0 radical (unpaired) electrons. The van der Waals surface area contributed by atoms with Gasteiger partial charge in [-0.3, -0.25) is 14.9 Å².